The van der Waals surface area contributed by atoms with Crippen LogP contribution >= 0.6 is 11.6 Å². The van der Waals surface area contributed by atoms with Gasteiger partial charge in [0.1, 0.15) is 5.82 Å². The van der Waals surface area contributed by atoms with Crippen molar-refractivity contribution in [2.75, 3.05) is 0 Å². The van der Waals surface area contributed by atoms with E-state index < -0.39 is 22.9 Å². The Morgan fingerprint density at radius 2 is 1.89 bits per heavy atom. The molecule has 0 atom stereocenters. The van der Waals surface area contributed by atoms with Crippen molar-refractivity contribution in [3.63, 3.8) is 0 Å². The lowest BCUT2D eigenvalue weighted by Gasteiger charge is -2.38. The second-order valence-electron chi connectivity index (χ2n) is 5.27. The fraction of sp³-hybridized carbons (Fsp3) is 0.462. The summed E-state index contributed by atoms with van der Waals surface area (Å²) in [6.45, 7) is 6.57. The first-order valence-corrected chi connectivity index (χ1v) is 5.92. The van der Waals surface area contributed by atoms with Gasteiger partial charge in [0.05, 0.1) is 16.2 Å². The Kier molecular flexibility index (Phi) is 4.03. The van der Waals surface area contributed by atoms with Gasteiger partial charge in [-0.1, -0.05) is 11.6 Å². The molecule has 5 heteroatoms. The van der Waals surface area contributed by atoms with Crippen LogP contribution in [0.3, 0.4) is 0 Å². The molecule has 0 spiro atoms. The Balaban J connectivity index is 2.93. The van der Waals surface area contributed by atoms with Gasteiger partial charge in [-0.15, -0.1) is 0 Å². The minimum absolute atomic E-state index is 0.0340. The van der Waals surface area contributed by atoms with E-state index in [2.05, 4.69) is 5.32 Å². The standard InChI is InChI=1S/C13H17ClFNO2/c1-12(2,13(3,4)18)16-11(17)8-5-6-9(14)10(15)7-8/h5-7,18H,1-4H3,(H,16,17). The summed E-state index contributed by atoms with van der Waals surface area (Å²) in [7, 11) is 0. The highest BCUT2D eigenvalue weighted by Gasteiger charge is 2.36. The summed E-state index contributed by atoms with van der Waals surface area (Å²) in [5.74, 6) is -1.11. The third-order valence-corrected chi connectivity index (χ3v) is 3.44. The van der Waals surface area contributed by atoms with E-state index in [9.17, 15) is 14.3 Å². The molecule has 1 amide bonds. The van der Waals surface area contributed by atoms with Gasteiger partial charge in [-0.05, 0) is 45.9 Å². The van der Waals surface area contributed by atoms with Crippen molar-refractivity contribution in [1.82, 2.24) is 5.32 Å². The summed E-state index contributed by atoms with van der Waals surface area (Å²) in [6.07, 6.45) is 0. The number of benzene rings is 1. The van der Waals surface area contributed by atoms with Gasteiger partial charge in [0.15, 0.2) is 0 Å². The minimum Gasteiger partial charge on any atom is -0.388 e. The van der Waals surface area contributed by atoms with Crippen LogP contribution in [-0.4, -0.2) is 22.2 Å². The molecular formula is C13H17ClFNO2. The molecule has 0 aliphatic rings. The molecule has 2 N–H and O–H groups in total. The number of aliphatic hydroxyl groups is 1. The fourth-order valence-electron chi connectivity index (χ4n) is 1.15. The van der Waals surface area contributed by atoms with E-state index in [0.29, 0.717) is 0 Å². The van der Waals surface area contributed by atoms with E-state index >= 15 is 0 Å². The number of carbonyl (C=O) groups excluding carboxylic acids is 1. The molecule has 1 aromatic rings. The van der Waals surface area contributed by atoms with Gasteiger partial charge in [0, 0.05) is 5.56 Å². The molecule has 0 aromatic heterocycles. The van der Waals surface area contributed by atoms with Crippen molar-refractivity contribution in [2.45, 2.75) is 38.8 Å². The highest BCUT2D eigenvalue weighted by molar-refractivity contribution is 6.30. The van der Waals surface area contributed by atoms with Gasteiger partial charge in [-0.3, -0.25) is 4.79 Å². The van der Waals surface area contributed by atoms with Crippen LogP contribution in [0.25, 0.3) is 0 Å². The molecule has 0 saturated heterocycles. The van der Waals surface area contributed by atoms with Crippen LogP contribution in [0.5, 0.6) is 0 Å². The summed E-state index contributed by atoms with van der Waals surface area (Å²) >= 11 is 5.54. The predicted octanol–water partition coefficient (Wildman–Crippen LogP) is 2.76. The quantitative estimate of drug-likeness (QED) is 0.890. The molecule has 1 rings (SSSR count). The van der Waals surface area contributed by atoms with Gasteiger partial charge in [0.2, 0.25) is 0 Å². The SMILES string of the molecule is CC(C)(O)C(C)(C)NC(=O)c1ccc(Cl)c(F)c1. The maximum absolute atomic E-state index is 13.2. The lowest BCUT2D eigenvalue weighted by Crippen LogP contribution is -2.57. The number of halogens is 2. The number of hydrogen-bond donors (Lipinski definition) is 2. The third-order valence-electron chi connectivity index (χ3n) is 3.14. The number of carbonyl (C=O) groups is 1. The van der Waals surface area contributed by atoms with Crippen LogP contribution in [0.4, 0.5) is 4.39 Å². The van der Waals surface area contributed by atoms with Gasteiger partial charge in [0.25, 0.3) is 5.91 Å². The predicted molar refractivity (Wildman–Crippen MR) is 69.3 cm³/mol. The summed E-state index contributed by atoms with van der Waals surface area (Å²) in [5.41, 5.74) is -1.79. The fourth-order valence-corrected chi connectivity index (χ4v) is 1.26. The van der Waals surface area contributed by atoms with E-state index in [1.807, 2.05) is 0 Å². The summed E-state index contributed by atoms with van der Waals surface area (Å²) in [4.78, 5) is 11.9. The molecule has 0 bridgehead atoms. The van der Waals surface area contributed by atoms with Crippen LogP contribution in [0.15, 0.2) is 18.2 Å². The van der Waals surface area contributed by atoms with Crippen LogP contribution in [0.1, 0.15) is 38.1 Å². The molecule has 3 nitrogen and oxygen atoms in total. The number of nitrogens with one attached hydrogen (secondary N) is 1. The van der Waals surface area contributed by atoms with E-state index in [-0.39, 0.29) is 10.6 Å². The molecule has 0 unspecified atom stereocenters. The van der Waals surface area contributed by atoms with Crippen molar-refractivity contribution < 1.29 is 14.3 Å². The molecule has 0 aliphatic carbocycles. The van der Waals surface area contributed by atoms with Gasteiger partial charge >= 0.3 is 0 Å². The lowest BCUT2D eigenvalue weighted by molar-refractivity contribution is -0.00293. The van der Waals surface area contributed by atoms with Crippen LogP contribution < -0.4 is 5.32 Å². The summed E-state index contributed by atoms with van der Waals surface area (Å²) in [5, 5.41) is 12.6. The molecule has 100 valence electrons. The number of rotatable bonds is 3. The second-order valence-corrected chi connectivity index (χ2v) is 5.67. The number of hydrogen-bond acceptors (Lipinski definition) is 2. The molecular weight excluding hydrogens is 257 g/mol. The average molecular weight is 274 g/mol. The van der Waals surface area contributed by atoms with Gasteiger partial charge < -0.3 is 10.4 Å². The maximum Gasteiger partial charge on any atom is 0.251 e. The Bertz CT molecular complexity index is 467. The van der Waals surface area contributed by atoms with Crippen LogP contribution in [0.2, 0.25) is 5.02 Å². The lowest BCUT2D eigenvalue weighted by atomic mass is 9.86. The molecule has 0 heterocycles. The first kappa shape index (κ1) is 14.9. The first-order valence-electron chi connectivity index (χ1n) is 5.54. The van der Waals surface area contributed by atoms with Crippen molar-refractivity contribution in [2.24, 2.45) is 0 Å². The van der Waals surface area contributed by atoms with E-state index in [1.165, 1.54) is 12.1 Å². The largest absolute Gasteiger partial charge is 0.388 e. The van der Waals surface area contributed by atoms with Crippen molar-refractivity contribution in [3.8, 4) is 0 Å². The molecule has 18 heavy (non-hydrogen) atoms. The zero-order valence-electron chi connectivity index (χ0n) is 10.8. The maximum atomic E-state index is 13.2. The zero-order chi connectivity index (χ0) is 14.1. The highest BCUT2D eigenvalue weighted by atomic mass is 35.5. The highest BCUT2D eigenvalue weighted by Crippen LogP contribution is 2.22. The van der Waals surface area contributed by atoms with E-state index in [4.69, 9.17) is 11.6 Å². The van der Waals surface area contributed by atoms with Crippen molar-refractivity contribution in [3.05, 3.63) is 34.6 Å². The molecule has 0 saturated carbocycles. The summed E-state index contributed by atoms with van der Waals surface area (Å²) < 4.78 is 13.2. The van der Waals surface area contributed by atoms with Gasteiger partial charge in [-0.25, -0.2) is 4.39 Å². The topological polar surface area (TPSA) is 49.3 Å². The number of amides is 1. The van der Waals surface area contributed by atoms with E-state index in [1.54, 1.807) is 27.7 Å². The Labute approximate surface area is 111 Å². The van der Waals surface area contributed by atoms with Gasteiger partial charge in [-0.2, -0.15) is 0 Å². The molecule has 0 aliphatic heterocycles. The van der Waals surface area contributed by atoms with Crippen molar-refractivity contribution >= 4 is 17.5 Å². The molecule has 1 aromatic carbocycles. The van der Waals surface area contributed by atoms with Crippen LogP contribution in [0, 0.1) is 5.82 Å². The van der Waals surface area contributed by atoms with Crippen molar-refractivity contribution in [1.29, 1.82) is 0 Å². The monoisotopic (exact) mass is 273 g/mol. The molecule has 0 radical (unpaired) electrons. The minimum atomic E-state index is -1.10. The second kappa shape index (κ2) is 4.86. The van der Waals surface area contributed by atoms with Crippen LogP contribution in [-0.2, 0) is 0 Å². The first-order chi connectivity index (χ1) is 8.04. The Hall–Kier alpha value is -1.13. The Morgan fingerprint density at radius 1 is 1.33 bits per heavy atom. The smallest absolute Gasteiger partial charge is 0.251 e. The van der Waals surface area contributed by atoms with E-state index in [0.717, 1.165) is 6.07 Å². The zero-order valence-corrected chi connectivity index (χ0v) is 11.6. The normalized spacial score (nSPS) is 12.4. The third kappa shape index (κ3) is 3.21. The molecule has 0 fully saturated rings. The average Bonchev–Trinajstić information content (AvgIpc) is 2.19. The summed E-state index contributed by atoms with van der Waals surface area (Å²) in [6, 6.07) is 3.82. The Morgan fingerprint density at radius 3 is 2.33 bits per heavy atom.